The second kappa shape index (κ2) is 6.56. The van der Waals surface area contributed by atoms with Gasteiger partial charge in [-0.05, 0) is 48.6 Å². The Hall–Kier alpha value is -1.82. The van der Waals surface area contributed by atoms with E-state index in [9.17, 15) is 0 Å². The Bertz CT molecular complexity index is 487. The molecule has 0 unspecified atom stereocenters. The van der Waals surface area contributed by atoms with Crippen LogP contribution >= 0.6 is 0 Å². The highest BCUT2D eigenvalue weighted by Crippen LogP contribution is 2.31. The van der Waals surface area contributed by atoms with E-state index in [-0.39, 0.29) is 0 Å². The molecule has 2 atom stereocenters. The minimum absolute atomic E-state index is 0.780. The quantitative estimate of drug-likeness (QED) is 0.676. The first-order chi connectivity index (χ1) is 9.92. The zero-order chi connectivity index (χ0) is 13.6. The van der Waals surface area contributed by atoms with Gasteiger partial charge in [-0.3, -0.25) is 0 Å². The van der Waals surface area contributed by atoms with E-state index in [1.54, 1.807) is 0 Å². The van der Waals surface area contributed by atoms with Gasteiger partial charge >= 0.3 is 0 Å². The van der Waals surface area contributed by atoms with Crippen LogP contribution in [0.15, 0.2) is 72.8 Å². The van der Waals surface area contributed by atoms with Crippen molar-refractivity contribution in [2.75, 3.05) is 0 Å². The summed E-state index contributed by atoms with van der Waals surface area (Å²) in [7, 11) is 0. The number of hydrogen-bond acceptors (Lipinski definition) is 0. The monoisotopic (exact) mass is 262 g/mol. The van der Waals surface area contributed by atoms with Gasteiger partial charge in [-0.2, -0.15) is 0 Å². The number of hydrogen-bond donors (Lipinski definition) is 0. The molecule has 0 amide bonds. The number of allylic oxidation sites excluding steroid dienone is 2. The SMILES string of the molecule is C1=CC[C@H](Cc2ccccc2)[C@@H](Cc2ccccc2)C1. The maximum atomic E-state index is 2.37. The predicted molar refractivity (Wildman–Crippen MR) is 85.6 cm³/mol. The van der Waals surface area contributed by atoms with Gasteiger partial charge in [0.2, 0.25) is 0 Å². The third-order valence-corrected chi connectivity index (χ3v) is 4.39. The van der Waals surface area contributed by atoms with Crippen molar-refractivity contribution < 1.29 is 0 Å². The average molecular weight is 262 g/mol. The first kappa shape index (κ1) is 13.2. The highest BCUT2D eigenvalue weighted by Gasteiger charge is 2.22. The number of rotatable bonds is 4. The Kier molecular flexibility index (Phi) is 4.32. The van der Waals surface area contributed by atoms with Crippen molar-refractivity contribution in [2.45, 2.75) is 25.7 Å². The van der Waals surface area contributed by atoms with Gasteiger partial charge in [0.05, 0.1) is 0 Å². The molecular weight excluding hydrogens is 240 g/mol. The molecule has 1 aliphatic rings. The Morgan fingerprint density at radius 3 is 1.40 bits per heavy atom. The van der Waals surface area contributed by atoms with Crippen molar-refractivity contribution >= 4 is 0 Å². The molecule has 1 aliphatic carbocycles. The number of benzene rings is 2. The molecule has 0 bridgehead atoms. The average Bonchev–Trinajstić information content (AvgIpc) is 2.51. The maximum Gasteiger partial charge on any atom is -0.0245 e. The third kappa shape index (κ3) is 3.39. The van der Waals surface area contributed by atoms with Crippen molar-refractivity contribution in [1.29, 1.82) is 0 Å². The van der Waals surface area contributed by atoms with Gasteiger partial charge in [0.15, 0.2) is 0 Å². The standard InChI is InChI=1S/C20H22/c1-3-9-17(10-4-1)15-19-13-7-8-14-20(19)16-18-11-5-2-6-12-18/h1-12,19-20H,13-16H2/t19-,20-/m1/s1. The lowest BCUT2D eigenvalue weighted by Crippen LogP contribution is -2.21. The Labute approximate surface area is 122 Å². The molecule has 102 valence electrons. The maximum absolute atomic E-state index is 2.37. The van der Waals surface area contributed by atoms with Gasteiger partial charge in [0, 0.05) is 0 Å². The molecule has 0 fully saturated rings. The summed E-state index contributed by atoms with van der Waals surface area (Å²) in [5.74, 6) is 1.56. The fourth-order valence-electron chi connectivity index (χ4n) is 3.26. The molecule has 3 rings (SSSR count). The highest BCUT2D eigenvalue weighted by atomic mass is 14.3. The molecule has 0 heterocycles. The van der Waals surface area contributed by atoms with Crippen LogP contribution in [-0.4, -0.2) is 0 Å². The molecule has 20 heavy (non-hydrogen) atoms. The second-order valence-corrected chi connectivity index (χ2v) is 5.84. The van der Waals surface area contributed by atoms with Crippen molar-refractivity contribution in [3.8, 4) is 0 Å². The first-order valence-corrected chi connectivity index (χ1v) is 7.64. The molecule has 0 saturated carbocycles. The lowest BCUT2D eigenvalue weighted by atomic mass is 9.76. The summed E-state index contributed by atoms with van der Waals surface area (Å²) in [5, 5.41) is 0. The van der Waals surface area contributed by atoms with Crippen LogP contribution in [0.2, 0.25) is 0 Å². The summed E-state index contributed by atoms with van der Waals surface area (Å²) < 4.78 is 0. The van der Waals surface area contributed by atoms with E-state index in [0.717, 1.165) is 11.8 Å². The summed E-state index contributed by atoms with van der Waals surface area (Å²) in [6.45, 7) is 0. The molecule has 0 nitrogen and oxygen atoms in total. The van der Waals surface area contributed by atoms with E-state index < -0.39 is 0 Å². The van der Waals surface area contributed by atoms with E-state index in [1.807, 2.05) is 0 Å². The van der Waals surface area contributed by atoms with Gasteiger partial charge in [0.25, 0.3) is 0 Å². The topological polar surface area (TPSA) is 0 Å². The van der Waals surface area contributed by atoms with Gasteiger partial charge < -0.3 is 0 Å². The second-order valence-electron chi connectivity index (χ2n) is 5.84. The molecule has 0 aliphatic heterocycles. The zero-order valence-electron chi connectivity index (χ0n) is 11.9. The van der Waals surface area contributed by atoms with Crippen LogP contribution in [0, 0.1) is 11.8 Å². The van der Waals surface area contributed by atoms with Crippen molar-refractivity contribution in [1.82, 2.24) is 0 Å². The van der Waals surface area contributed by atoms with Crippen LogP contribution in [0.4, 0.5) is 0 Å². The molecule has 0 radical (unpaired) electrons. The van der Waals surface area contributed by atoms with E-state index in [2.05, 4.69) is 72.8 Å². The molecule has 0 N–H and O–H groups in total. The molecule has 2 aromatic rings. The zero-order valence-corrected chi connectivity index (χ0v) is 11.9. The summed E-state index contributed by atoms with van der Waals surface area (Å²) in [6, 6.07) is 21.9. The van der Waals surface area contributed by atoms with Crippen molar-refractivity contribution in [3.63, 3.8) is 0 Å². The Balaban J connectivity index is 1.70. The van der Waals surface area contributed by atoms with Crippen LogP contribution in [0.1, 0.15) is 24.0 Å². The van der Waals surface area contributed by atoms with Crippen LogP contribution in [0.3, 0.4) is 0 Å². The smallest absolute Gasteiger partial charge is 0.0245 e. The van der Waals surface area contributed by atoms with E-state index in [1.165, 1.54) is 36.8 Å². The fourth-order valence-corrected chi connectivity index (χ4v) is 3.26. The van der Waals surface area contributed by atoms with E-state index in [0.29, 0.717) is 0 Å². The summed E-state index contributed by atoms with van der Waals surface area (Å²) >= 11 is 0. The lowest BCUT2D eigenvalue weighted by molar-refractivity contribution is 0.319. The molecule has 0 saturated heterocycles. The van der Waals surface area contributed by atoms with Gasteiger partial charge in [0.1, 0.15) is 0 Å². The minimum atomic E-state index is 0.780. The summed E-state index contributed by atoms with van der Waals surface area (Å²) in [6.07, 6.45) is 9.62. The molecule has 0 spiro atoms. The third-order valence-electron chi connectivity index (χ3n) is 4.39. The van der Waals surface area contributed by atoms with Crippen LogP contribution in [0.25, 0.3) is 0 Å². The summed E-state index contributed by atoms with van der Waals surface area (Å²) in [4.78, 5) is 0. The lowest BCUT2D eigenvalue weighted by Gasteiger charge is -2.29. The minimum Gasteiger partial charge on any atom is -0.0882 e. The van der Waals surface area contributed by atoms with Crippen LogP contribution < -0.4 is 0 Å². The summed E-state index contributed by atoms with van der Waals surface area (Å²) in [5.41, 5.74) is 2.96. The molecule has 2 aromatic carbocycles. The molecular formula is C20H22. The van der Waals surface area contributed by atoms with Crippen LogP contribution in [0.5, 0.6) is 0 Å². The predicted octanol–water partition coefficient (Wildman–Crippen LogP) is 5.05. The van der Waals surface area contributed by atoms with Gasteiger partial charge in [-0.25, -0.2) is 0 Å². The van der Waals surface area contributed by atoms with Gasteiger partial charge in [-0.1, -0.05) is 72.8 Å². The Morgan fingerprint density at radius 1 is 0.600 bits per heavy atom. The van der Waals surface area contributed by atoms with Crippen LogP contribution in [-0.2, 0) is 12.8 Å². The largest absolute Gasteiger partial charge is 0.0882 e. The molecule has 0 heteroatoms. The fraction of sp³-hybridized carbons (Fsp3) is 0.300. The highest BCUT2D eigenvalue weighted by molar-refractivity contribution is 5.19. The van der Waals surface area contributed by atoms with Crippen molar-refractivity contribution in [2.24, 2.45) is 11.8 Å². The van der Waals surface area contributed by atoms with Crippen molar-refractivity contribution in [3.05, 3.63) is 83.9 Å². The molecule has 0 aromatic heterocycles. The van der Waals surface area contributed by atoms with E-state index in [4.69, 9.17) is 0 Å². The van der Waals surface area contributed by atoms with E-state index >= 15 is 0 Å². The van der Waals surface area contributed by atoms with Gasteiger partial charge in [-0.15, -0.1) is 0 Å². The Morgan fingerprint density at radius 2 is 1.00 bits per heavy atom. The normalized spacial score (nSPS) is 21.8. The first-order valence-electron chi connectivity index (χ1n) is 7.64.